The highest BCUT2D eigenvalue weighted by molar-refractivity contribution is 9.10. The Morgan fingerprint density at radius 3 is 2.50 bits per heavy atom. The van der Waals surface area contributed by atoms with Crippen molar-refractivity contribution in [3.8, 4) is 0 Å². The van der Waals surface area contributed by atoms with Gasteiger partial charge in [0.25, 0.3) is 0 Å². The van der Waals surface area contributed by atoms with Gasteiger partial charge in [-0.1, -0.05) is 48.0 Å². The molecule has 1 heterocycles. The predicted molar refractivity (Wildman–Crippen MR) is 84.7 cm³/mol. The summed E-state index contributed by atoms with van der Waals surface area (Å²) in [6.45, 7) is 2.03. The highest BCUT2D eigenvalue weighted by Crippen LogP contribution is 2.29. The largest absolute Gasteiger partial charge is 0.382 e. The van der Waals surface area contributed by atoms with Gasteiger partial charge in [-0.2, -0.15) is 0 Å². The Bertz CT molecular complexity index is 753. The molecule has 2 nitrogen and oxygen atoms in total. The summed E-state index contributed by atoms with van der Waals surface area (Å²) in [6.07, 6.45) is -0.727. The van der Waals surface area contributed by atoms with Gasteiger partial charge in [0.2, 0.25) is 0 Å². The number of fused-ring (bicyclic) bond motifs is 1. The van der Waals surface area contributed by atoms with Crippen LogP contribution < -0.4 is 0 Å². The van der Waals surface area contributed by atoms with Crippen LogP contribution in [0.15, 0.2) is 59.1 Å². The van der Waals surface area contributed by atoms with Crippen LogP contribution in [0.5, 0.6) is 0 Å². The van der Waals surface area contributed by atoms with Crippen LogP contribution in [0.4, 0.5) is 0 Å². The van der Waals surface area contributed by atoms with Crippen molar-refractivity contribution in [2.24, 2.45) is 0 Å². The molecular formula is C17H14BrNO. The first-order chi connectivity index (χ1) is 9.65. The fraction of sp³-hybridized carbons (Fsp3) is 0.118. The molecule has 0 aliphatic carbocycles. The molecule has 1 N–H and O–H groups in total. The molecule has 100 valence electrons. The van der Waals surface area contributed by atoms with Crippen molar-refractivity contribution < 1.29 is 5.11 Å². The minimum atomic E-state index is -0.727. The van der Waals surface area contributed by atoms with Crippen LogP contribution in [0.2, 0.25) is 0 Å². The number of aliphatic hydroxyl groups excluding tert-OH is 1. The molecule has 1 atom stereocenters. The molecule has 3 aromatic rings. The quantitative estimate of drug-likeness (QED) is 0.757. The molecule has 20 heavy (non-hydrogen) atoms. The highest BCUT2D eigenvalue weighted by Gasteiger charge is 2.16. The first-order valence-corrected chi connectivity index (χ1v) is 7.24. The van der Waals surface area contributed by atoms with Crippen molar-refractivity contribution in [1.29, 1.82) is 0 Å². The summed E-state index contributed by atoms with van der Waals surface area (Å²) >= 11 is 3.51. The third-order valence-corrected chi connectivity index (χ3v) is 3.99. The van der Waals surface area contributed by atoms with E-state index in [-0.39, 0.29) is 0 Å². The summed E-state index contributed by atoms with van der Waals surface area (Å²) in [6, 6.07) is 17.7. The smallest absolute Gasteiger partial charge is 0.122 e. The number of rotatable bonds is 2. The molecule has 0 radical (unpaired) electrons. The van der Waals surface area contributed by atoms with Gasteiger partial charge in [0.05, 0.1) is 11.2 Å². The van der Waals surface area contributed by atoms with Crippen LogP contribution in [-0.2, 0) is 0 Å². The number of aliphatic hydroxyl groups is 1. The lowest BCUT2D eigenvalue weighted by atomic mass is 10.0. The second kappa shape index (κ2) is 5.35. The molecule has 0 amide bonds. The molecule has 0 bridgehead atoms. The summed E-state index contributed by atoms with van der Waals surface area (Å²) in [7, 11) is 0. The highest BCUT2D eigenvalue weighted by atomic mass is 79.9. The van der Waals surface area contributed by atoms with E-state index in [9.17, 15) is 5.11 Å². The maximum absolute atomic E-state index is 10.5. The van der Waals surface area contributed by atoms with Crippen molar-refractivity contribution in [3.05, 3.63) is 75.9 Å². The predicted octanol–water partition coefficient (Wildman–Crippen LogP) is 4.39. The maximum Gasteiger partial charge on any atom is 0.122 e. The van der Waals surface area contributed by atoms with E-state index in [0.29, 0.717) is 5.69 Å². The standard InChI is InChI=1S/C17H14BrNO/c1-11-6-8-12(9-7-11)17(20)16-14(18)10-13-4-2-3-5-15(13)19-16/h2-10,17,20H,1H3. The van der Waals surface area contributed by atoms with Crippen molar-refractivity contribution in [3.63, 3.8) is 0 Å². The average Bonchev–Trinajstić information content (AvgIpc) is 2.46. The number of pyridine rings is 1. The Labute approximate surface area is 126 Å². The molecule has 0 saturated carbocycles. The van der Waals surface area contributed by atoms with Crippen LogP contribution in [0.25, 0.3) is 10.9 Å². The summed E-state index contributed by atoms with van der Waals surface area (Å²) < 4.78 is 0.823. The van der Waals surface area contributed by atoms with Gasteiger partial charge >= 0.3 is 0 Å². The van der Waals surface area contributed by atoms with Gasteiger partial charge in [0.15, 0.2) is 0 Å². The van der Waals surface area contributed by atoms with Crippen LogP contribution in [0.3, 0.4) is 0 Å². The van der Waals surface area contributed by atoms with Crippen LogP contribution in [0.1, 0.15) is 22.9 Å². The van der Waals surface area contributed by atoms with E-state index in [4.69, 9.17) is 0 Å². The van der Waals surface area contributed by atoms with Gasteiger partial charge in [-0.3, -0.25) is 0 Å². The fourth-order valence-corrected chi connectivity index (χ4v) is 2.76. The minimum Gasteiger partial charge on any atom is -0.382 e. The van der Waals surface area contributed by atoms with Crippen LogP contribution >= 0.6 is 15.9 Å². The molecule has 0 aliphatic heterocycles. The number of hydrogen-bond acceptors (Lipinski definition) is 2. The van der Waals surface area contributed by atoms with Gasteiger partial charge in [-0.05, 0) is 40.5 Å². The van der Waals surface area contributed by atoms with E-state index in [1.54, 1.807) is 0 Å². The first-order valence-electron chi connectivity index (χ1n) is 6.45. The van der Waals surface area contributed by atoms with Crippen molar-refractivity contribution >= 4 is 26.8 Å². The second-order valence-electron chi connectivity index (χ2n) is 4.86. The molecule has 3 rings (SSSR count). The number of nitrogens with zero attached hydrogens (tertiary/aromatic N) is 1. The molecule has 0 saturated heterocycles. The number of aryl methyl sites for hydroxylation is 1. The molecule has 0 fully saturated rings. The third kappa shape index (κ3) is 2.47. The summed E-state index contributed by atoms with van der Waals surface area (Å²) in [5, 5.41) is 11.6. The Kier molecular flexibility index (Phi) is 3.55. The molecule has 1 unspecified atom stereocenters. The van der Waals surface area contributed by atoms with Gasteiger partial charge in [-0.15, -0.1) is 0 Å². The second-order valence-corrected chi connectivity index (χ2v) is 5.72. The number of para-hydroxylation sites is 1. The monoisotopic (exact) mass is 327 g/mol. The Balaban J connectivity index is 2.08. The lowest BCUT2D eigenvalue weighted by Gasteiger charge is -2.13. The topological polar surface area (TPSA) is 33.1 Å². The lowest BCUT2D eigenvalue weighted by Crippen LogP contribution is -2.04. The van der Waals surface area contributed by atoms with Crippen LogP contribution in [0, 0.1) is 6.92 Å². The van der Waals surface area contributed by atoms with Crippen LogP contribution in [-0.4, -0.2) is 10.1 Å². The zero-order chi connectivity index (χ0) is 14.1. The third-order valence-electron chi connectivity index (χ3n) is 3.36. The molecule has 0 aliphatic rings. The van der Waals surface area contributed by atoms with E-state index < -0.39 is 6.10 Å². The molecule has 3 heteroatoms. The Morgan fingerprint density at radius 2 is 1.75 bits per heavy atom. The van der Waals surface area contributed by atoms with Gasteiger partial charge in [0.1, 0.15) is 6.10 Å². The van der Waals surface area contributed by atoms with Gasteiger partial charge in [0, 0.05) is 9.86 Å². The van der Waals surface area contributed by atoms with Crippen molar-refractivity contribution in [2.75, 3.05) is 0 Å². The van der Waals surface area contributed by atoms with Crippen molar-refractivity contribution in [1.82, 2.24) is 4.98 Å². The van der Waals surface area contributed by atoms with Gasteiger partial charge in [-0.25, -0.2) is 4.98 Å². The van der Waals surface area contributed by atoms with E-state index in [0.717, 1.165) is 20.9 Å². The maximum atomic E-state index is 10.5. The molecule has 2 aromatic carbocycles. The summed E-state index contributed by atoms with van der Waals surface area (Å²) in [5.74, 6) is 0. The summed E-state index contributed by atoms with van der Waals surface area (Å²) in [4.78, 5) is 4.58. The van der Waals surface area contributed by atoms with Gasteiger partial charge < -0.3 is 5.11 Å². The van der Waals surface area contributed by atoms with E-state index in [2.05, 4.69) is 20.9 Å². The Morgan fingerprint density at radius 1 is 1.05 bits per heavy atom. The Hall–Kier alpha value is -1.71. The van der Waals surface area contributed by atoms with E-state index >= 15 is 0 Å². The fourth-order valence-electron chi connectivity index (χ4n) is 2.20. The normalized spacial score (nSPS) is 12.6. The molecule has 1 aromatic heterocycles. The zero-order valence-electron chi connectivity index (χ0n) is 11.0. The molecular weight excluding hydrogens is 314 g/mol. The number of hydrogen-bond donors (Lipinski definition) is 1. The van der Waals surface area contributed by atoms with Crippen molar-refractivity contribution in [2.45, 2.75) is 13.0 Å². The molecule has 0 spiro atoms. The minimum absolute atomic E-state index is 0.646. The number of aromatic nitrogens is 1. The number of benzene rings is 2. The first kappa shape index (κ1) is 13.3. The SMILES string of the molecule is Cc1ccc(C(O)c2nc3ccccc3cc2Br)cc1. The lowest BCUT2D eigenvalue weighted by molar-refractivity contribution is 0.215. The zero-order valence-corrected chi connectivity index (χ0v) is 12.6. The number of halogens is 1. The van der Waals surface area contributed by atoms with E-state index in [1.165, 1.54) is 5.56 Å². The average molecular weight is 328 g/mol. The summed E-state index contributed by atoms with van der Waals surface area (Å²) in [5.41, 5.74) is 3.55. The van der Waals surface area contributed by atoms with E-state index in [1.807, 2.05) is 61.5 Å².